The summed E-state index contributed by atoms with van der Waals surface area (Å²) in [5.41, 5.74) is 8.40. The first kappa shape index (κ1) is 24.2. The molecule has 25 heavy (non-hydrogen) atoms. The Morgan fingerprint density at radius 2 is 1.76 bits per heavy atom. The summed E-state index contributed by atoms with van der Waals surface area (Å²) in [6, 6.07) is 7.94. The maximum atomic E-state index is 12.0. The fraction of sp³-hybridized carbons (Fsp3) is 0.632. The molecule has 1 aromatic rings. The van der Waals surface area contributed by atoms with Crippen molar-refractivity contribution >= 4 is 30.7 Å². The fourth-order valence-corrected chi connectivity index (χ4v) is 2.95. The number of benzene rings is 1. The van der Waals surface area contributed by atoms with Crippen LogP contribution in [0.3, 0.4) is 0 Å². The Balaban J connectivity index is 0.00000288. The van der Waals surface area contributed by atoms with Crippen LogP contribution >= 0.6 is 24.8 Å². The van der Waals surface area contributed by atoms with Gasteiger partial charge in [0.25, 0.3) is 0 Å². The molecule has 144 valence electrons. The highest BCUT2D eigenvalue weighted by Gasteiger charge is 2.18. The normalized spacial score (nSPS) is 16.7. The lowest BCUT2D eigenvalue weighted by atomic mass is 9.98. The van der Waals surface area contributed by atoms with Crippen LogP contribution in [-0.4, -0.2) is 29.9 Å². The molecular formula is C19H33Cl2N3O. The molecule has 0 spiro atoms. The van der Waals surface area contributed by atoms with Gasteiger partial charge in [0.2, 0.25) is 5.91 Å². The first-order chi connectivity index (χ1) is 11.0. The van der Waals surface area contributed by atoms with Gasteiger partial charge in [-0.1, -0.05) is 45.0 Å². The summed E-state index contributed by atoms with van der Waals surface area (Å²) < 4.78 is 0. The number of hydrogen-bond donors (Lipinski definition) is 2. The average Bonchev–Trinajstić information content (AvgIpc) is 2.55. The van der Waals surface area contributed by atoms with E-state index >= 15 is 0 Å². The minimum atomic E-state index is -0.439. The van der Waals surface area contributed by atoms with E-state index in [1.165, 1.54) is 37.1 Å². The van der Waals surface area contributed by atoms with Gasteiger partial charge < -0.3 is 11.1 Å². The van der Waals surface area contributed by atoms with Crippen molar-refractivity contribution in [2.24, 2.45) is 17.6 Å². The minimum absolute atomic E-state index is 0. The van der Waals surface area contributed by atoms with Gasteiger partial charge in [0, 0.05) is 13.1 Å². The predicted octanol–water partition coefficient (Wildman–Crippen LogP) is 3.36. The standard InChI is InChI=1S/C19H31N3O.2ClH/c1-14(2)18(20)19(23)21-12-16-6-4-5-7-17(16)13-22-10-8-15(3)9-11-22;;/h4-7,14-15,18H,8-13,20H2,1-3H3,(H,21,23);2*1H/t18-;;/m0../s1. The van der Waals surface area contributed by atoms with Gasteiger partial charge in [-0.2, -0.15) is 0 Å². The highest BCUT2D eigenvalue weighted by Crippen LogP contribution is 2.19. The van der Waals surface area contributed by atoms with Crippen molar-refractivity contribution in [3.05, 3.63) is 35.4 Å². The second kappa shape index (κ2) is 11.7. The number of halogens is 2. The summed E-state index contributed by atoms with van der Waals surface area (Å²) in [4.78, 5) is 14.6. The van der Waals surface area contributed by atoms with Crippen LogP contribution in [0.1, 0.15) is 44.7 Å². The Bertz CT molecular complexity index is 517. The molecule has 0 aromatic heterocycles. The Morgan fingerprint density at radius 1 is 1.20 bits per heavy atom. The molecule has 0 radical (unpaired) electrons. The highest BCUT2D eigenvalue weighted by molar-refractivity contribution is 5.85. The second-order valence-corrected chi connectivity index (χ2v) is 7.21. The summed E-state index contributed by atoms with van der Waals surface area (Å²) in [6.45, 7) is 10.1. The number of hydrogen-bond acceptors (Lipinski definition) is 3. The molecule has 4 nitrogen and oxygen atoms in total. The summed E-state index contributed by atoms with van der Waals surface area (Å²) in [5, 5.41) is 2.98. The number of carbonyl (C=O) groups is 1. The van der Waals surface area contributed by atoms with E-state index in [1.54, 1.807) is 0 Å². The zero-order valence-corrected chi connectivity index (χ0v) is 17.2. The molecule has 2 rings (SSSR count). The molecule has 0 saturated carbocycles. The monoisotopic (exact) mass is 389 g/mol. The van der Waals surface area contributed by atoms with E-state index in [1.807, 2.05) is 19.9 Å². The van der Waals surface area contributed by atoms with Crippen LogP contribution in [0.15, 0.2) is 24.3 Å². The zero-order valence-electron chi connectivity index (χ0n) is 15.5. The summed E-state index contributed by atoms with van der Waals surface area (Å²) in [6.07, 6.45) is 2.56. The van der Waals surface area contributed by atoms with Crippen molar-refractivity contribution in [1.82, 2.24) is 10.2 Å². The smallest absolute Gasteiger partial charge is 0.237 e. The molecule has 3 N–H and O–H groups in total. The lowest BCUT2D eigenvalue weighted by molar-refractivity contribution is -0.123. The van der Waals surface area contributed by atoms with Crippen LogP contribution in [0.2, 0.25) is 0 Å². The van der Waals surface area contributed by atoms with Gasteiger partial charge in [0.15, 0.2) is 0 Å². The molecule has 1 aliphatic heterocycles. The van der Waals surface area contributed by atoms with E-state index in [4.69, 9.17) is 5.73 Å². The Labute approximate surface area is 164 Å². The molecule has 0 bridgehead atoms. The maximum absolute atomic E-state index is 12.0. The van der Waals surface area contributed by atoms with Gasteiger partial charge in [-0.05, 0) is 48.9 Å². The number of nitrogens with zero attached hydrogens (tertiary/aromatic N) is 1. The lowest BCUT2D eigenvalue weighted by Crippen LogP contribution is -2.43. The number of nitrogens with one attached hydrogen (secondary N) is 1. The van der Waals surface area contributed by atoms with Gasteiger partial charge in [0.05, 0.1) is 6.04 Å². The van der Waals surface area contributed by atoms with E-state index in [0.29, 0.717) is 6.54 Å². The first-order valence-corrected chi connectivity index (χ1v) is 8.79. The second-order valence-electron chi connectivity index (χ2n) is 7.21. The van der Waals surface area contributed by atoms with Crippen LogP contribution in [0.25, 0.3) is 0 Å². The topological polar surface area (TPSA) is 58.4 Å². The zero-order chi connectivity index (χ0) is 16.8. The number of piperidine rings is 1. The first-order valence-electron chi connectivity index (χ1n) is 8.79. The van der Waals surface area contributed by atoms with Crippen molar-refractivity contribution in [2.45, 2.75) is 52.7 Å². The Morgan fingerprint density at radius 3 is 2.32 bits per heavy atom. The van der Waals surface area contributed by atoms with E-state index in [9.17, 15) is 4.79 Å². The van der Waals surface area contributed by atoms with Crippen molar-refractivity contribution in [3.8, 4) is 0 Å². The molecule has 6 heteroatoms. The van der Waals surface area contributed by atoms with Gasteiger partial charge >= 0.3 is 0 Å². The minimum Gasteiger partial charge on any atom is -0.351 e. The van der Waals surface area contributed by atoms with E-state index in [2.05, 4.69) is 35.3 Å². The van der Waals surface area contributed by atoms with Gasteiger partial charge in [-0.3, -0.25) is 9.69 Å². The molecular weight excluding hydrogens is 357 g/mol. The highest BCUT2D eigenvalue weighted by atomic mass is 35.5. The van der Waals surface area contributed by atoms with E-state index in [-0.39, 0.29) is 36.6 Å². The summed E-state index contributed by atoms with van der Waals surface area (Å²) in [5.74, 6) is 0.931. The van der Waals surface area contributed by atoms with Crippen molar-refractivity contribution in [1.29, 1.82) is 0 Å². The lowest BCUT2D eigenvalue weighted by Gasteiger charge is -2.30. The molecule has 1 saturated heterocycles. The molecule has 1 aliphatic rings. The third-order valence-electron chi connectivity index (χ3n) is 4.86. The van der Waals surface area contributed by atoms with Crippen molar-refractivity contribution in [3.63, 3.8) is 0 Å². The average molecular weight is 390 g/mol. The molecule has 0 aliphatic carbocycles. The van der Waals surface area contributed by atoms with Crippen molar-refractivity contribution < 1.29 is 4.79 Å². The number of rotatable bonds is 6. The Kier molecular flexibility index (Phi) is 11.4. The summed E-state index contributed by atoms with van der Waals surface area (Å²) >= 11 is 0. The largest absolute Gasteiger partial charge is 0.351 e. The molecule has 0 unspecified atom stereocenters. The number of carbonyl (C=O) groups excluding carboxylic acids is 1. The van der Waals surface area contributed by atoms with E-state index < -0.39 is 6.04 Å². The number of amides is 1. The van der Waals surface area contributed by atoms with Crippen LogP contribution in [0, 0.1) is 11.8 Å². The molecule has 1 atom stereocenters. The molecule has 1 aromatic carbocycles. The Hall–Kier alpha value is -0.810. The van der Waals surface area contributed by atoms with Crippen LogP contribution in [0.4, 0.5) is 0 Å². The SMILES string of the molecule is CC1CCN(Cc2ccccc2CNC(=O)[C@@H](N)C(C)C)CC1.Cl.Cl. The number of likely N-dealkylation sites (tertiary alicyclic amines) is 1. The summed E-state index contributed by atoms with van der Waals surface area (Å²) in [7, 11) is 0. The predicted molar refractivity (Wildman–Crippen MR) is 109 cm³/mol. The maximum Gasteiger partial charge on any atom is 0.237 e. The third-order valence-corrected chi connectivity index (χ3v) is 4.86. The van der Waals surface area contributed by atoms with Crippen molar-refractivity contribution in [2.75, 3.05) is 13.1 Å². The van der Waals surface area contributed by atoms with Gasteiger partial charge in [-0.15, -0.1) is 24.8 Å². The molecule has 1 heterocycles. The third kappa shape index (κ3) is 7.53. The fourth-order valence-electron chi connectivity index (χ4n) is 2.95. The van der Waals surface area contributed by atoms with E-state index in [0.717, 1.165) is 12.5 Å². The van der Waals surface area contributed by atoms with Gasteiger partial charge in [-0.25, -0.2) is 0 Å². The van der Waals surface area contributed by atoms with Crippen LogP contribution in [-0.2, 0) is 17.9 Å². The molecule has 1 fully saturated rings. The number of nitrogens with two attached hydrogens (primary N) is 1. The molecule has 1 amide bonds. The van der Waals surface area contributed by atoms with Crippen LogP contribution in [0.5, 0.6) is 0 Å². The van der Waals surface area contributed by atoms with Crippen LogP contribution < -0.4 is 11.1 Å². The quantitative estimate of drug-likeness (QED) is 0.783. The van der Waals surface area contributed by atoms with Gasteiger partial charge in [0.1, 0.15) is 0 Å².